The molecule has 3 aliphatic heterocycles. The van der Waals surface area contributed by atoms with Crippen molar-refractivity contribution in [3.8, 4) is 0 Å². The fourth-order valence-corrected chi connectivity index (χ4v) is 3.96. The van der Waals surface area contributed by atoms with Gasteiger partial charge in [-0.15, -0.1) is 24.0 Å². The smallest absolute Gasteiger partial charge is 0.191 e. The Morgan fingerprint density at radius 1 is 1.30 bits per heavy atom. The molecule has 4 heterocycles. The van der Waals surface area contributed by atoms with Crippen LogP contribution in [0.1, 0.15) is 30.9 Å². The van der Waals surface area contributed by atoms with E-state index < -0.39 is 5.60 Å². The number of halogens is 1. The molecule has 2 atom stereocenters. The summed E-state index contributed by atoms with van der Waals surface area (Å²) in [5.41, 5.74) is -0.248. The van der Waals surface area contributed by atoms with Crippen LogP contribution < -0.4 is 10.6 Å². The van der Waals surface area contributed by atoms with Gasteiger partial charge in [-0.3, -0.25) is 9.80 Å². The lowest BCUT2D eigenvalue weighted by Crippen LogP contribution is -2.63. The first-order chi connectivity index (χ1) is 12.4. The van der Waals surface area contributed by atoms with Crippen molar-refractivity contribution < 1.29 is 9.52 Å². The number of rotatable bonds is 6. The molecule has 4 rings (SSSR count). The first-order valence-corrected chi connectivity index (χ1v) is 9.67. The van der Waals surface area contributed by atoms with E-state index in [0.717, 1.165) is 55.8 Å². The van der Waals surface area contributed by atoms with Crippen LogP contribution in [0.5, 0.6) is 0 Å². The Hall–Kier alpha value is -0.840. The predicted octanol–water partition coefficient (Wildman–Crippen LogP) is 1.28. The Morgan fingerprint density at radius 2 is 2.00 bits per heavy atom. The van der Waals surface area contributed by atoms with E-state index in [2.05, 4.69) is 32.3 Å². The number of aliphatic imine (C=N–C) groups is 1. The summed E-state index contributed by atoms with van der Waals surface area (Å²) in [7, 11) is 0. The van der Waals surface area contributed by atoms with Crippen molar-refractivity contribution in [3.63, 3.8) is 0 Å². The van der Waals surface area contributed by atoms with E-state index in [1.807, 2.05) is 19.9 Å². The molecule has 3 aliphatic rings. The number of furan rings is 1. The Labute approximate surface area is 179 Å². The fraction of sp³-hybridized carbons (Fsp3) is 0.737. The van der Waals surface area contributed by atoms with Crippen molar-refractivity contribution in [2.24, 2.45) is 4.99 Å². The summed E-state index contributed by atoms with van der Waals surface area (Å²) in [4.78, 5) is 9.72. The number of aliphatic hydroxyl groups is 1. The molecule has 27 heavy (non-hydrogen) atoms. The molecule has 3 N–H and O–H groups in total. The summed E-state index contributed by atoms with van der Waals surface area (Å²) in [6.07, 6.45) is 0. The Kier molecular flexibility index (Phi) is 7.96. The maximum absolute atomic E-state index is 10.9. The van der Waals surface area contributed by atoms with Gasteiger partial charge < -0.3 is 20.2 Å². The Morgan fingerprint density at radius 3 is 2.52 bits per heavy atom. The van der Waals surface area contributed by atoms with Gasteiger partial charge in [-0.05, 0) is 33.8 Å². The zero-order valence-corrected chi connectivity index (χ0v) is 19.2. The minimum absolute atomic E-state index is 0. The molecule has 0 saturated carbocycles. The maximum Gasteiger partial charge on any atom is 0.191 e. The van der Waals surface area contributed by atoms with Crippen LogP contribution in [-0.4, -0.2) is 79.3 Å². The lowest BCUT2D eigenvalue weighted by Gasteiger charge is -2.47. The quantitative estimate of drug-likeness (QED) is 0.316. The summed E-state index contributed by atoms with van der Waals surface area (Å²) in [6.45, 7) is 15.4. The molecule has 2 bridgehead atoms. The number of nitrogens with one attached hydrogen (secondary N) is 2. The topological polar surface area (TPSA) is 76.3 Å². The van der Waals surface area contributed by atoms with Crippen LogP contribution in [0.15, 0.2) is 15.5 Å². The summed E-state index contributed by atoms with van der Waals surface area (Å²) >= 11 is 0. The van der Waals surface area contributed by atoms with Gasteiger partial charge in [-0.1, -0.05) is 0 Å². The first-order valence-electron chi connectivity index (χ1n) is 9.67. The summed E-state index contributed by atoms with van der Waals surface area (Å²) < 4.78 is 5.56. The molecule has 154 valence electrons. The van der Waals surface area contributed by atoms with E-state index in [0.29, 0.717) is 6.04 Å². The molecular formula is C19H34IN5O2. The van der Waals surface area contributed by atoms with Gasteiger partial charge in [0.15, 0.2) is 5.96 Å². The van der Waals surface area contributed by atoms with E-state index in [4.69, 9.17) is 4.42 Å². The summed E-state index contributed by atoms with van der Waals surface area (Å²) in [5, 5.41) is 17.6. The van der Waals surface area contributed by atoms with Crippen molar-refractivity contribution in [2.75, 3.05) is 52.4 Å². The fourth-order valence-electron chi connectivity index (χ4n) is 3.96. The zero-order valence-electron chi connectivity index (χ0n) is 16.9. The molecule has 0 aliphatic carbocycles. The van der Waals surface area contributed by atoms with Crippen LogP contribution in [-0.2, 0) is 5.60 Å². The van der Waals surface area contributed by atoms with Crippen LogP contribution in [0.4, 0.5) is 0 Å². The van der Waals surface area contributed by atoms with Gasteiger partial charge in [-0.25, -0.2) is 4.99 Å². The highest BCUT2D eigenvalue weighted by atomic mass is 127. The molecule has 3 saturated heterocycles. The lowest BCUT2D eigenvalue weighted by atomic mass is 9.96. The Bertz CT molecular complexity index is 638. The molecule has 0 spiro atoms. The standard InChI is InChI=1S/C19H33N5O2.HI/c1-5-20-18(21-11-16-12-23-6-8-24(16)9-7-23)22-13-19(4,25)17-10-14(2)26-15(17)3;/h10,16,25H,5-9,11-13H2,1-4H3,(H2,20,21,22);1H. The van der Waals surface area contributed by atoms with Crippen molar-refractivity contribution in [2.45, 2.75) is 39.3 Å². The zero-order chi connectivity index (χ0) is 18.7. The second kappa shape index (κ2) is 9.58. The number of guanidine groups is 1. The third kappa shape index (κ3) is 5.58. The van der Waals surface area contributed by atoms with Crippen LogP contribution >= 0.6 is 24.0 Å². The molecular weight excluding hydrogens is 457 g/mol. The van der Waals surface area contributed by atoms with Gasteiger partial charge in [0.2, 0.25) is 0 Å². The summed E-state index contributed by atoms with van der Waals surface area (Å²) in [5.74, 6) is 2.31. The second-order valence-electron chi connectivity index (χ2n) is 7.67. The number of aryl methyl sites for hydroxylation is 2. The number of hydrogen-bond acceptors (Lipinski definition) is 5. The minimum Gasteiger partial charge on any atom is -0.466 e. The number of nitrogens with zero attached hydrogens (tertiary/aromatic N) is 3. The van der Waals surface area contributed by atoms with E-state index in [1.165, 1.54) is 13.1 Å². The van der Waals surface area contributed by atoms with Crippen molar-refractivity contribution in [3.05, 3.63) is 23.2 Å². The number of fused-ring (bicyclic) bond motifs is 3. The van der Waals surface area contributed by atoms with Gasteiger partial charge in [0.1, 0.15) is 17.1 Å². The molecule has 1 aromatic heterocycles. The summed E-state index contributed by atoms with van der Waals surface area (Å²) in [6, 6.07) is 2.42. The maximum atomic E-state index is 10.9. The largest absolute Gasteiger partial charge is 0.466 e. The van der Waals surface area contributed by atoms with Crippen LogP contribution in [0, 0.1) is 13.8 Å². The Balaban J connectivity index is 0.00000261. The minimum atomic E-state index is -1.05. The highest BCUT2D eigenvalue weighted by Crippen LogP contribution is 2.27. The second-order valence-corrected chi connectivity index (χ2v) is 7.67. The van der Waals surface area contributed by atoms with E-state index in [1.54, 1.807) is 6.92 Å². The van der Waals surface area contributed by atoms with Crippen molar-refractivity contribution in [1.82, 2.24) is 20.4 Å². The van der Waals surface area contributed by atoms with Crippen molar-refractivity contribution in [1.29, 1.82) is 0 Å². The molecule has 0 aromatic carbocycles. The molecule has 3 fully saturated rings. The number of hydrogen-bond donors (Lipinski definition) is 3. The van der Waals surface area contributed by atoms with E-state index in [-0.39, 0.29) is 30.5 Å². The van der Waals surface area contributed by atoms with Gasteiger partial charge >= 0.3 is 0 Å². The number of piperazine rings is 3. The SMILES string of the molecule is CCNC(=NCC(C)(O)c1cc(C)oc1C)NCC1CN2CCN1CC2.I. The molecule has 0 amide bonds. The van der Waals surface area contributed by atoms with E-state index in [9.17, 15) is 5.11 Å². The van der Waals surface area contributed by atoms with Gasteiger partial charge in [0.05, 0.1) is 6.54 Å². The molecule has 8 heteroatoms. The molecule has 1 aromatic rings. The van der Waals surface area contributed by atoms with Gasteiger partial charge in [0, 0.05) is 57.4 Å². The average molecular weight is 491 g/mol. The highest BCUT2D eigenvalue weighted by molar-refractivity contribution is 14.0. The third-order valence-corrected chi connectivity index (χ3v) is 5.41. The third-order valence-electron chi connectivity index (χ3n) is 5.41. The van der Waals surface area contributed by atoms with E-state index >= 15 is 0 Å². The molecule has 0 radical (unpaired) electrons. The van der Waals surface area contributed by atoms with Crippen molar-refractivity contribution >= 4 is 29.9 Å². The monoisotopic (exact) mass is 491 g/mol. The lowest BCUT2D eigenvalue weighted by molar-refractivity contribution is 0.0154. The van der Waals surface area contributed by atoms with Gasteiger partial charge in [0.25, 0.3) is 0 Å². The highest BCUT2D eigenvalue weighted by Gasteiger charge is 2.32. The van der Waals surface area contributed by atoms with Crippen LogP contribution in [0.2, 0.25) is 0 Å². The van der Waals surface area contributed by atoms with Gasteiger partial charge in [-0.2, -0.15) is 0 Å². The average Bonchev–Trinajstić information content (AvgIpc) is 2.98. The first kappa shape index (κ1) is 22.4. The molecule has 2 unspecified atom stereocenters. The normalized spacial score (nSPS) is 27.0. The molecule has 7 nitrogen and oxygen atoms in total. The predicted molar refractivity (Wildman–Crippen MR) is 119 cm³/mol. The van der Waals surface area contributed by atoms with Crippen LogP contribution in [0.3, 0.4) is 0 Å². The van der Waals surface area contributed by atoms with Crippen LogP contribution in [0.25, 0.3) is 0 Å².